The molecule has 0 spiro atoms. The van der Waals surface area contributed by atoms with Gasteiger partial charge in [-0.25, -0.2) is 4.79 Å². The number of nitrogens with zero attached hydrogens (tertiary/aromatic N) is 1. The third-order valence-electron chi connectivity index (χ3n) is 5.99. The van der Waals surface area contributed by atoms with Crippen LogP contribution in [0.15, 0.2) is 78.4 Å². The van der Waals surface area contributed by atoms with E-state index in [0.29, 0.717) is 33.9 Å². The number of benzene rings is 3. The first-order valence-corrected chi connectivity index (χ1v) is 12.2. The number of ketones is 1. The highest BCUT2D eigenvalue weighted by Crippen LogP contribution is 2.43. The number of esters is 1. The number of amides is 1. The number of carbonyl (C=O) groups excluding carboxylic acids is 3. The number of aliphatic hydroxyl groups is 1. The van der Waals surface area contributed by atoms with E-state index in [-0.39, 0.29) is 24.0 Å². The number of hydrogen-bond acceptors (Lipinski definition) is 7. The first kappa shape index (κ1) is 26.5. The second-order valence-electron chi connectivity index (χ2n) is 8.91. The fraction of sp³-hybridized carbons (Fsp3) is 0.233. The second-order valence-corrected chi connectivity index (χ2v) is 8.91. The first-order valence-electron chi connectivity index (χ1n) is 12.2. The molecule has 0 aliphatic carbocycles. The van der Waals surface area contributed by atoms with Gasteiger partial charge in [0.15, 0.2) is 0 Å². The number of hydrogen-bond donors (Lipinski definition) is 1. The quantitative estimate of drug-likeness (QED) is 0.188. The minimum atomic E-state index is -0.951. The maximum atomic E-state index is 13.4. The van der Waals surface area contributed by atoms with Crippen molar-refractivity contribution in [3.63, 3.8) is 0 Å². The molecule has 1 aliphatic rings. The summed E-state index contributed by atoms with van der Waals surface area (Å²) < 4.78 is 16.2. The largest absolute Gasteiger partial charge is 0.507 e. The molecule has 0 radical (unpaired) electrons. The maximum absolute atomic E-state index is 13.4. The number of ether oxygens (including phenoxy) is 3. The van der Waals surface area contributed by atoms with Crippen molar-refractivity contribution in [3.8, 4) is 11.5 Å². The molecule has 8 heteroatoms. The van der Waals surface area contributed by atoms with Gasteiger partial charge in [0, 0.05) is 11.3 Å². The zero-order valence-corrected chi connectivity index (χ0v) is 21.6. The average molecular weight is 516 g/mol. The fourth-order valence-corrected chi connectivity index (χ4v) is 4.34. The van der Waals surface area contributed by atoms with Crippen LogP contribution in [0.25, 0.3) is 5.76 Å². The summed E-state index contributed by atoms with van der Waals surface area (Å²) in [6, 6.07) is 18.9. The molecule has 0 saturated carbocycles. The van der Waals surface area contributed by atoms with Crippen LogP contribution >= 0.6 is 0 Å². The van der Waals surface area contributed by atoms with Crippen LogP contribution in [0, 0.1) is 0 Å². The second kappa shape index (κ2) is 11.2. The van der Waals surface area contributed by atoms with Gasteiger partial charge in [0.25, 0.3) is 11.7 Å². The summed E-state index contributed by atoms with van der Waals surface area (Å²) in [5, 5.41) is 11.4. The van der Waals surface area contributed by atoms with Crippen LogP contribution in [-0.2, 0) is 14.3 Å². The highest BCUT2D eigenvalue weighted by molar-refractivity contribution is 6.51. The zero-order chi connectivity index (χ0) is 27.4. The number of methoxy groups -OCH3 is 1. The van der Waals surface area contributed by atoms with Crippen molar-refractivity contribution in [2.75, 3.05) is 18.6 Å². The molecular weight excluding hydrogens is 486 g/mol. The smallest absolute Gasteiger partial charge is 0.338 e. The molecule has 1 aliphatic heterocycles. The lowest BCUT2D eigenvalue weighted by molar-refractivity contribution is -0.132. The topological polar surface area (TPSA) is 102 Å². The van der Waals surface area contributed by atoms with E-state index in [1.807, 2.05) is 13.8 Å². The molecule has 1 fully saturated rings. The zero-order valence-electron chi connectivity index (χ0n) is 21.6. The number of rotatable bonds is 8. The van der Waals surface area contributed by atoms with Gasteiger partial charge in [-0.05, 0) is 74.9 Å². The van der Waals surface area contributed by atoms with Gasteiger partial charge >= 0.3 is 5.97 Å². The Morgan fingerprint density at radius 1 is 0.947 bits per heavy atom. The van der Waals surface area contributed by atoms with E-state index < -0.39 is 23.7 Å². The van der Waals surface area contributed by atoms with Crippen LogP contribution in [0.2, 0.25) is 0 Å². The van der Waals surface area contributed by atoms with Gasteiger partial charge in [0.2, 0.25) is 0 Å². The van der Waals surface area contributed by atoms with Crippen LogP contribution in [0.3, 0.4) is 0 Å². The Balaban J connectivity index is 1.86. The molecule has 1 saturated heterocycles. The molecule has 4 rings (SSSR count). The summed E-state index contributed by atoms with van der Waals surface area (Å²) in [5.74, 6) is -1.41. The van der Waals surface area contributed by atoms with Gasteiger partial charge in [-0.2, -0.15) is 0 Å². The van der Waals surface area contributed by atoms with Crippen molar-refractivity contribution in [1.29, 1.82) is 0 Å². The fourth-order valence-electron chi connectivity index (χ4n) is 4.34. The van der Waals surface area contributed by atoms with E-state index >= 15 is 0 Å². The number of Topliss-reactive ketones (excluding diaryl/α,β-unsaturated/α-hetero) is 1. The van der Waals surface area contributed by atoms with Crippen LogP contribution in [0.1, 0.15) is 48.3 Å². The molecule has 1 unspecified atom stereocenters. The van der Waals surface area contributed by atoms with Crippen molar-refractivity contribution in [2.45, 2.75) is 32.9 Å². The van der Waals surface area contributed by atoms with E-state index in [4.69, 9.17) is 14.2 Å². The molecule has 1 amide bonds. The van der Waals surface area contributed by atoms with Crippen molar-refractivity contribution in [1.82, 2.24) is 0 Å². The Kier molecular flexibility index (Phi) is 7.81. The van der Waals surface area contributed by atoms with Gasteiger partial charge in [-0.3, -0.25) is 14.5 Å². The van der Waals surface area contributed by atoms with Crippen LogP contribution < -0.4 is 14.4 Å². The van der Waals surface area contributed by atoms with E-state index in [2.05, 4.69) is 0 Å². The lowest BCUT2D eigenvalue weighted by Crippen LogP contribution is -2.29. The van der Waals surface area contributed by atoms with Crippen molar-refractivity contribution in [2.24, 2.45) is 0 Å². The molecule has 0 bridgehead atoms. The average Bonchev–Trinajstić information content (AvgIpc) is 3.18. The first-order chi connectivity index (χ1) is 18.2. The highest BCUT2D eigenvalue weighted by atomic mass is 16.5. The van der Waals surface area contributed by atoms with Crippen molar-refractivity contribution >= 4 is 29.1 Å². The predicted molar refractivity (Wildman–Crippen MR) is 142 cm³/mol. The molecule has 196 valence electrons. The number of carbonyl (C=O) groups is 3. The van der Waals surface area contributed by atoms with E-state index in [1.54, 1.807) is 67.6 Å². The van der Waals surface area contributed by atoms with Gasteiger partial charge in [-0.1, -0.05) is 24.3 Å². The van der Waals surface area contributed by atoms with E-state index in [0.717, 1.165) is 0 Å². The van der Waals surface area contributed by atoms with Crippen LogP contribution in [0.5, 0.6) is 11.5 Å². The van der Waals surface area contributed by atoms with Crippen molar-refractivity contribution in [3.05, 3.63) is 95.1 Å². The lowest BCUT2D eigenvalue weighted by atomic mass is 9.95. The maximum Gasteiger partial charge on any atom is 0.338 e. The predicted octanol–water partition coefficient (Wildman–Crippen LogP) is 5.29. The third kappa shape index (κ3) is 5.25. The molecule has 3 aromatic rings. The van der Waals surface area contributed by atoms with Crippen LogP contribution in [-0.4, -0.2) is 42.6 Å². The molecule has 8 nitrogen and oxygen atoms in total. The Hall–Kier alpha value is -4.59. The summed E-state index contributed by atoms with van der Waals surface area (Å²) in [6.07, 6.45) is -0.0904. The van der Waals surface area contributed by atoms with Gasteiger partial charge < -0.3 is 19.3 Å². The summed E-state index contributed by atoms with van der Waals surface area (Å²) in [7, 11) is 1.52. The highest BCUT2D eigenvalue weighted by Gasteiger charge is 2.47. The molecular formula is C30H29NO7. The Labute approximate surface area is 221 Å². The molecule has 1 N–H and O–H groups in total. The summed E-state index contributed by atoms with van der Waals surface area (Å²) in [6.45, 7) is 5.71. The van der Waals surface area contributed by atoms with Crippen molar-refractivity contribution < 1.29 is 33.7 Å². The monoisotopic (exact) mass is 515 g/mol. The minimum Gasteiger partial charge on any atom is -0.507 e. The molecule has 1 atom stereocenters. The summed E-state index contributed by atoms with van der Waals surface area (Å²) in [5.41, 5.74) is 1.52. The molecule has 38 heavy (non-hydrogen) atoms. The Bertz CT molecular complexity index is 1390. The molecule has 0 aromatic heterocycles. The number of anilines is 1. The normalized spacial score (nSPS) is 16.6. The van der Waals surface area contributed by atoms with E-state index in [9.17, 15) is 19.5 Å². The SMILES string of the molecule is CCOC(=O)c1ccc(N2C(=O)C(=O)/C(=C(/O)c3cccc(OC(C)C)c3)C2c2cccc(OC)c2)cc1. The molecule has 3 aromatic carbocycles. The molecule has 1 heterocycles. The Morgan fingerprint density at radius 3 is 2.29 bits per heavy atom. The third-order valence-corrected chi connectivity index (χ3v) is 5.99. The summed E-state index contributed by atoms with van der Waals surface area (Å²) in [4.78, 5) is 40.3. The minimum absolute atomic E-state index is 0.0700. The van der Waals surface area contributed by atoms with Gasteiger partial charge in [0.05, 0.1) is 37.0 Å². The Morgan fingerprint density at radius 2 is 1.63 bits per heavy atom. The summed E-state index contributed by atoms with van der Waals surface area (Å²) >= 11 is 0. The lowest BCUT2D eigenvalue weighted by Gasteiger charge is -2.26. The standard InChI is InChI=1S/C30H29NO7/c1-5-37-30(35)19-12-14-22(15-13-19)31-26(20-8-6-10-23(16-20)36-4)25(28(33)29(31)34)27(32)21-9-7-11-24(17-21)38-18(2)3/h6-18,26,32H,5H2,1-4H3/b27-25+. The van der Waals surface area contributed by atoms with Gasteiger partial charge in [-0.15, -0.1) is 0 Å². The number of aliphatic hydroxyl groups excluding tert-OH is 1. The van der Waals surface area contributed by atoms with E-state index in [1.165, 1.54) is 24.1 Å². The van der Waals surface area contributed by atoms with Crippen LogP contribution in [0.4, 0.5) is 5.69 Å². The van der Waals surface area contributed by atoms with Gasteiger partial charge in [0.1, 0.15) is 17.3 Å².